The predicted molar refractivity (Wildman–Crippen MR) is 116 cm³/mol. The normalized spacial score (nSPS) is 15.0. The summed E-state index contributed by atoms with van der Waals surface area (Å²) in [5.74, 6) is 0.673. The van der Waals surface area contributed by atoms with Crippen molar-refractivity contribution in [1.82, 2.24) is 20.1 Å². The van der Waals surface area contributed by atoms with Crippen LogP contribution in [0.25, 0.3) is 0 Å². The Balaban J connectivity index is 1.39. The number of ether oxygens (including phenoxy) is 1. The average Bonchev–Trinajstić information content (AvgIpc) is 2.81. The van der Waals surface area contributed by atoms with Crippen LogP contribution in [0.5, 0.6) is 0 Å². The second-order valence-electron chi connectivity index (χ2n) is 7.74. The van der Waals surface area contributed by atoms with Gasteiger partial charge in [-0.3, -0.25) is 9.59 Å². The topological polar surface area (TPSA) is 127 Å². The van der Waals surface area contributed by atoms with E-state index in [1.54, 1.807) is 29.1 Å². The monoisotopic (exact) mass is 479 g/mol. The molecule has 0 aromatic carbocycles. The Kier molecular flexibility index (Phi) is 8.06. The summed E-state index contributed by atoms with van der Waals surface area (Å²) in [6.45, 7) is 4.01. The van der Waals surface area contributed by atoms with E-state index >= 15 is 0 Å². The highest BCUT2D eigenvalue weighted by atomic mass is 19.4. The summed E-state index contributed by atoms with van der Waals surface area (Å²) in [5, 5.41) is 16.6. The average molecular weight is 479 g/mol. The molecule has 1 saturated heterocycles. The number of carbonyl (C=O) groups is 1. The number of hydrogen-bond donors (Lipinski definition) is 2. The molecule has 2 aromatic rings. The van der Waals surface area contributed by atoms with E-state index in [1.807, 2.05) is 11.0 Å². The van der Waals surface area contributed by atoms with E-state index in [0.717, 1.165) is 12.0 Å². The molecule has 0 bridgehead atoms. The van der Waals surface area contributed by atoms with E-state index in [-0.39, 0.29) is 25.5 Å². The van der Waals surface area contributed by atoms with E-state index in [9.17, 15) is 22.8 Å². The number of aromatic nitrogens is 3. The number of pyridine rings is 1. The number of carbonyl (C=O) groups excluding carboxylic acids is 1. The molecule has 2 N–H and O–H groups in total. The van der Waals surface area contributed by atoms with E-state index < -0.39 is 29.0 Å². The summed E-state index contributed by atoms with van der Waals surface area (Å²) in [6.07, 6.45) is -2.28. The van der Waals surface area contributed by atoms with Crippen molar-refractivity contribution in [3.8, 4) is 6.07 Å². The van der Waals surface area contributed by atoms with E-state index in [1.165, 1.54) is 6.20 Å². The first kappa shape index (κ1) is 25.0. The molecule has 1 fully saturated rings. The van der Waals surface area contributed by atoms with Crippen LogP contribution in [-0.2, 0) is 15.7 Å². The van der Waals surface area contributed by atoms with Crippen LogP contribution in [0.4, 0.5) is 24.7 Å². The molecule has 0 unspecified atom stereocenters. The summed E-state index contributed by atoms with van der Waals surface area (Å²) < 4.78 is 44.8. The highest BCUT2D eigenvalue weighted by Crippen LogP contribution is 2.31. The van der Waals surface area contributed by atoms with Crippen LogP contribution in [0, 0.1) is 11.3 Å². The lowest BCUT2D eigenvalue weighted by Gasteiger charge is -2.35. The Bertz CT molecular complexity index is 1070. The van der Waals surface area contributed by atoms with Gasteiger partial charge in [-0.05, 0) is 19.1 Å². The predicted octanol–water partition coefficient (Wildman–Crippen LogP) is 1.61. The van der Waals surface area contributed by atoms with Gasteiger partial charge in [-0.2, -0.15) is 23.5 Å². The maximum absolute atomic E-state index is 13.1. The Labute approximate surface area is 193 Å². The largest absolute Gasteiger partial charge is 0.423 e. The number of nitriles is 1. The lowest BCUT2D eigenvalue weighted by atomic mass is 10.2. The minimum atomic E-state index is -4.83. The van der Waals surface area contributed by atoms with Crippen LogP contribution >= 0.6 is 0 Å². The summed E-state index contributed by atoms with van der Waals surface area (Å²) in [7, 11) is 0. The molecule has 0 radical (unpaired) electrons. The molecule has 182 valence electrons. The van der Waals surface area contributed by atoms with Gasteiger partial charge in [0.05, 0.1) is 37.1 Å². The number of hydrogen-bond acceptors (Lipinski definition) is 8. The van der Waals surface area contributed by atoms with Gasteiger partial charge in [-0.1, -0.05) is 0 Å². The number of piperazine rings is 1. The Hall–Kier alpha value is -3.66. The molecule has 0 aliphatic carbocycles. The Morgan fingerprint density at radius 3 is 2.65 bits per heavy atom. The minimum Gasteiger partial charge on any atom is -0.379 e. The van der Waals surface area contributed by atoms with Crippen LogP contribution in [0.3, 0.4) is 0 Å². The van der Waals surface area contributed by atoms with Crippen LogP contribution in [0.2, 0.25) is 0 Å². The molecular formula is C21H24F3N7O3. The van der Waals surface area contributed by atoms with Crippen molar-refractivity contribution >= 4 is 17.4 Å². The highest BCUT2D eigenvalue weighted by molar-refractivity contribution is 5.76. The van der Waals surface area contributed by atoms with Crippen molar-refractivity contribution in [1.29, 1.82) is 5.26 Å². The number of amides is 1. The molecule has 0 saturated carbocycles. The number of aromatic amines is 1. The lowest BCUT2D eigenvalue weighted by Crippen LogP contribution is -2.49. The van der Waals surface area contributed by atoms with Gasteiger partial charge in [0, 0.05) is 38.4 Å². The van der Waals surface area contributed by atoms with Crippen LogP contribution in [0.1, 0.15) is 24.5 Å². The number of rotatable bonds is 8. The number of alkyl halides is 3. The van der Waals surface area contributed by atoms with Gasteiger partial charge in [0.15, 0.2) is 0 Å². The van der Waals surface area contributed by atoms with Gasteiger partial charge in [-0.15, -0.1) is 0 Å². The second kappa shape index (κ2) is 11.0. The van der Waals surface area contributed by atoms with Gasteiger partial charge < -0.3 is 19.9 Å². The first-order valence-electron chi connectivity index (χ1n) is 10.6. The molecule has 13 heteroatoms. The molecule has 0 spiro atoms. The molecule has 3 heterocycles. The second-order valence-corrected chi connectivity index (χ2v) is 7.74. The summed E-state index contributed by atoms with van der Waals surface area (Å²) in [5.41, 5.74) is -2.62. The fraction of sp³-hybridized carbons (Fsp3) is 0.476. The van der Waals surface area contributed by atoms with Gasteiger partial charge >= 0.3 is 6.18 Å². The maximum atomic E-state index is 13.1. The smallest absolute Gasteiger partial charge is 0.379 e. The van der Waals surface area contributed by atoms with E-state index in [2.05, 4.69) is 15.4 Å². The molecular weight excluding hydrogens is 455 g/mol. The van der Waals surface area contributed by atoms with Gasteiger partial charge in [-0.25, -0.2) is 10.1 Å². The van der Waals surface area contributed by atoms with Gasteiger partial charge in [0.2, 0.25) is 5.91 Å². The number of halogens is 3. The summed E-state index contributed by atoms with van der Waals surface area (Å²) in [6, 6.07) is 4.94. The first-order chi connectivity index (χ1) is 16.2. The zero-order chi connectivity index (χ0) is 24.7. The number of nitrogens with zero attached hydrogens (tertiary/aromatic N) is 5. The zero-order valence-corrected chi connectivity index (χ0v) is 18.4. The summed E-state index contributed by atoms with van der Waals surface area (Å²) >= 11 is 0. The molecule has 2 aromatic heterocycles. The zero-order valence-electron chi connectivity index (χ0n) is 18.4. The van der Waals surface area contributed by atoms with Crippen LogP contribution < -0.4 is 15.8 Å². The third kappa shape index (κ3) is 6.44. The van der Waals surface area contributed by atoms with Crippen molar-refractivity contribution in [2.45, 2.75) is 25.6 Å². The maximum Gasteiger partial charge on any atom is 0.423 e. The quantitative estimate of drug-likeness (QED) is 0.547. The fourth-order valence-electron chi connectivity index (χ4n) is 3.50. The number of anilines is 2. The molecule has 1 atom stereocenters. The van der Waals surface area contributed by atoms with Crippen LogP contribution in [-0.4, -0.2) is 71.4 Å². The van der Waals surface area contributed by atoms with Crippen LogP contribution in [0.15, 0.2) is 29.3 Å². The molecule has 34 heavy (non-hydrogen) atoms. The van der Waals surface area contributed by atoms with Gasteiger partial charge in [0.25, 0.3) is 5.56 Å². The third-order valence-electron chi connectivity index (χ3n) is 5.20. The van der Waals surface area contributed by atoms with Gasteiger partial charge in [0.1, 0.15) is 17.5 Å². The SMILES string of the molecule is C[C@H](COCCC(=O)N1CCN(c2ccc(C#N)cn2)CC1)Nc1cn[nH]c(=O)c1C(F)(F)F. The number of nitrogens with one attached hydrogen (secondary N) is 2. The summed E-state index contributed by atoms with van der Waals surface area (Å²) in [4.78, 5) is 32.0. The molecule has 1 aliphatic rings. The third-order valence-corrected chi connectivity index (χ3v) is 5.20. The lowest BCUT2D eigenvalue weighted by molar-refractivity contribution is -0.138. The molecule has 1 aliphatic heterocycles. The van der Waals surface area contributed by atoms with Crippen molar-refractivity contribution in [3.05, 3.63) is 46.0 Å². The van der Waals surface area contributed by atoms with Crippen molar-refractivity contribution in [3.63, 3.8) is 0 Å². The standard InChI is InChI=1S/C21H24F3N7O3/c1-14(28-16-12-27-29-20(33)19(16)21(22,23)24)13-34-9-4-18(32)31-7-5-30(6-8-31)17-3-2-15(10-25)11-26-17/h2-3,11-12,14H,4-9,13H2,1H3,(H2,28,29,33)/t14-/m1/s1. The van der Waals surface area contributed by atoms with Crippen molar-refractivity contribution in [2.75, 3.05) is 49.6 Å². The molecule has 1 amide bonds. The Morgan fingerprint density at radius 1 is 1.29 bits per heavy atom. The Morgan fingerprint density at radius 2 is 2.03 bits per heavy atom. The molecule has 10 nitrogen and oxygen atoms in total. The number of H-pyrrole nitrogens is 1. The minimum absolute atomic E-state index is 0.0372. The van der Waals surface area contributed by atoms with E-state index in [0.29, 0.717) is 31.7 Å². The van der Waals surface area contributed by atoms with E-state index in [4.69, 9.17) is 10.00 Å². The highest BCUT2D eigenvalue weighted by Gasteiger charge is 2.37. The molecule has 3 rings (SSSR count). The fourth-order valence-corrected chi connectivity index (χ4v) is 3.50. The van der Waals surface area contributed by atoms with Crippen molar-refractivity contribution in [2.24, 2.45) is 0 Å². The first-order valence-corrected chi connectivity index (χ1v) is 10.6. The van der Waals surface area contributed by atoms with Crippen molar-refractivity contribution < 1.29 is 22.7 Å².